The number of nitrogens with two attached hydrogens (primary N) is 1. The van der Waals surface area contributed by atoms with Crippen LogP contribution in [0.15, 0.2) is 48.5 Å². The van der Waals surface area contributed by atoms with E-state index < -0.39 is 24.6 Å². The summed E-state index contributed by atoms with van der Waals surface area (Å²) in [4.78, 5) is 23.3. The normalized spacial score (nSPS) is 11.6. The van der Waals surface area contributed by atoms with Crippen molar-refractivity contribution in [3.63, 3.8) is 0 Å². The molecule has 2 rings (SSSR count). The minimum Gasteiger partial charge on any atom is -0.480 e. The molecule has 1 unspecified atom stereocenters. The van der Waals surface area contributed by atoms with E-state index in [-0.39, 0.29) is 10.8 Å². The molecule has 0 bridgehead atoms. The lowest BCUT2D eigenvalue weighted by molar-refractivity contribution is -0.157. The highest BCUT2D eigenvalue weighted by molar-refractivity contribution is 6.35. The zero-order valence-electron chi connectivity index (χ0n) is 11.9. The molecule has 0 spiro atoms. The van der Waals surface area contributed by atoms with Crippen molar-refractivity contribution in [3.8, 4) is 5.75 Å². The first-order valence-electron chi connectivity index (χ1n) is 6.59. The Bertz CT molecular complexity index is 706. The topological polar surface area (TPSA) is 78.6 Å². The highest BCUT2D eigenvalue weighted by atomic mass is 35.5. The molecule has 23 heavy (non-hydrogen) atoms. The fraction of sp³-hybridized carbons (Fsp3) is 0.125. The van der Waals surface area contributed by atoms with Crippen molar-refractivity contribution < 1.29 is 19.1 Å². The second kappa shape index (κ2) is 7.85. The predicted molar refractivity (Wildman–Crippen MR) is 86.4 cm³/mol. The molecule has 2 N–H and O–H groups in total. The van der Waals surface area contributed by atoms with Crippen molar-refractivity contribution in [3.05, 3.63) is 64.1 Å². The van der Waals surface area contributed by atoms with E-state index in [2.05, 4.69) is 0 Å². The Balaban J connectivity index is 1.98. The number of rotatable bonds is 6. The van der Waals surface area contributed by atoms with E-state index in [9.17, 15) is 9.59 Å². The van der Waals surface area contributed by atoms with Crippen LogP contribution in [0.5, 0.6) is 5.75 Å². The third-order valence-electron chi connectivity index (χ3n) is 2.85. The minimum absolute atomic E-state index is 0.264. The van der Waals surface area contributed by atoms with Crippen molar-refractivity contribution in [2.75, 3.05) is 6.61 Å². The number of ether oxygens (including phenoxy) is 2. The fourth-order valence-corrected chi connectivity index (χ4v) is 2.28. The summed E-state index contributed by atoms with van der Waals surface area (Å²) in [5.41, 5.74) is 5.76. The molecule has 0 aliphatic carbocycles. The lowest BCUT2D eigenvalue weighted by Gasteiger charge is -2.15. The Morgan fingerprint density at radius 1 is 1.09 bits per heavy atom. The third kappa shape index (κ3) is 4.87. The van der Waals surface area contributed by atoms with Gasteiger partial charge in [0.05, 0.1) is 5.02 Å². The molecular formula is C16H13Cl2NO4. The number of hydrogen-bond donors (Lipinski definition) is 1. The maximum atomic E-state index is 11.9. The molecule has 2 aromatic rings. The molecule has 0 radical (unpaired) electrons. The third-order valence-corrected chi connectivity index (χ3v) is 3.38. The van der Waals surface area contributed by atoms with Crippen LogP contribution in [0.25, 0.3) is 0 Å². The number of carbonyl (C=O) groups excluding carboxylic acids is 2. The maximum Gasteiger partial charge on any atom is 0.345 e. The monoisotopic (exact) mass is 353 g/mol. The number of esters is 1. The van der Waals surface area contributed by atoms with Crippen molar-refractivity contribution in [2.45, 2.75) is 6.10 Å². The summed E-state index contributed by atoms with van der Waals surface area (Å²) in [5.74, 6) is -1.24. The number of halogens is 2. The Morgan fingerprint density at radius 2 is 1.78 bits per heavy atom. The van der Waals surface area contributed by atoms with Gasteiger partial charge in [-0.15, -0.1) is 0 Å². The van der Waals surface area contributed by atoms with Gasteiger partial charge in [0.25, 0.3) is 5.91 Å². The van der Waals surface area contributed by atoms with Gasteiger partial charge in [0.2, 0.25) is 6.10 Å². The van der Waals surface area contributed by atoms with E-state index in [4.69, 9.17) is 38.4 Å². The molecule has 0 aliphatic rings. The molecule has 0 aliphatic heterocycles. The van der Waals surface area contributed by atoms with Crippen molar-refractivity contribution in [1.29, 1.82) is 0 Å². The summed E-state index contributed by atoms with van der Waals surface area (Å²) in [5, 5.41) is 0.711. The summed E-state index contributed by atoms with van der Waals surface area (Å²) >= 11 is 11.7. The molecule has 0 aromatic heterocycles. The van der Waals surface area contributed by atoms with Crippen LogP contribution in [-0.4, -0.2) is 18.5 Å². The lowest BCUT2D eigenvalue weighted by atomic mass is 10.1. The number of benzene rings is 2. The lowest BCUT2D eigenvalue weighted by Crippen LogP contribution is -2.28. The van der Waals surface area contributed by atoms with E-state index in [0.29, 0.717) is 10.6 Å². The number of primary amides is 1. The number of carbonyl (C=O) groups is 2. The van der Waals surface area contributed by atoms with Crippen molar-refractivity contribution in [2.24, 2.45) is 5.73 Å². The molecule has 1 atom stereocenters. The predicted octanol–water partition coefficient (Wildman–Crippen LogP) is 3.14. The average molecular weight is 354 g/mol. The molecular weight excluding hydrogens is 341 g/mol. The summed E-state index contributed by atoms with van der Waals surface area (Å²) in [6, 6.07) is 13.1. The smallest absolute Gasteiger partial charge is 0.345 e. The van der Waals surface area contributed by atoms with Gasteiger partial charge < -0.3 is 15.2 Å². The molecule has 1 amide bonds. The quantitative estimate of drug-likeness (QED) is 0.809. The second-order valence-corrected chi connectivity index (χ2v) is 5.39. The number of hydrogen-bond acceptors (Lipinski definition) is 4. The largest absolute Gasteiger partial charge is 0.480 e. The Kier molecular flexibility index (Phi) is 5.84. The Labute approximate surface area is 142 Å². The molecule has 0 fully saturated rings. The summed E-state index contributed by atoms with van der Waals surface area (Å²) < 4.78 is 10.3. The van der Waals surface area contributed by atoms with Gasteiger partial charge in [-0.3, -0.25) is 4.79 Å². The van der Waals surface area contributed by atoms with Crippen LogP contribution in [-0.2, 0) is 14.3 Å². The molecule has 5 nitrogen and oxygen atoms in total. The molecule has 0 saturated carbocycles. The molecule has 0 heterocycles. The fourth-order valence-electron chi connectivity index (χ4n) is 1.81. The van der Waals surface area contributed by atoms with Crippen molar-refractivity contribution >= 4 is 35.1 Å². The first-order chi connectivity index (χ1) is 11.0. The molecule has 7 heteroatoms. The molecule has 0 saturated heterocycles. The first kappa shape index (κ1) is 17.1. The van der Waals surface area contributed by atoms with E-state index in [1.807, 2.05) is 0 Å². The molecule has 120 valence electrons. The number of amides is 1. The minimum atomic E-state index is -1.17. The van der Waals surface area contributed by atoms with Crippen LogP contribution in [0.4, 0.5) is 0 Å². The maximum absolute atomic E-state index is 11.9. The van der Waals surface area contributed by atoms with Gasteiger partial charge in [0, 0.05) is 10.6 Å². The Hall–Kier alpha value is -2.24. The van der Waals surface area contributed by atoms with Crippen LogP contribution in [0.1, 0.15) is 11.7 Å². The van der Waals surface area contributed by atoms with E-state index in [1.165, 1.54) is 12.1 Å². The highest BCUT2D eigenvalue weighted by Crippen LogP contribution is 2.27. The summed E-state index contributed by atoms with van der Waals surface area (Å²) in [6.07, 6.45) is -1.17. The standard InChI is InChI=1S/C16H13Cl2NO4/c17-11-6-7-13(12(18)8-11)22-9-14(20)23-15(16(19)21)10-4-2-1-3-5-10/h1-8,15H,9H2,(H2,19,21). The van der Waals surface area contributed by atoms with Gasteiger partial charge in [-0.25, -0.2) is 4.79 Å². The van der Waals surface area contributed by atoms with Crippen LogP contribution in [0.2, 0.25) is 10.0 Å². The van der Waals surface area contributed by atoms with Gasteiger partial charge in [-0.05, 0) is 18.2 Å². The van der Waals surface area contributed by atoms with Crippen LogP contribution < -0.4 is 10.5 Å². The zero-order chi connectivity index (χ0) is 16.8. The van der Waals surface area contributed by atoms with E-state index in [1.54, 1.807) is 36.4 Å². The Morgan fingerprint density at radius 3 is 2.39 bits per heavy atom. The van der Waals surface area contributed by atoms with Crippen LogP contribution >= 0.6 is 23.2 Å². The highest BCUT2D eigenvalue weighted by Gasteiger charge is 2.22. The zero-order valence-corrected chi connectivity index (χ0v) is 13.4. The van der Waals surface area contributed by atoms with Crippen LogP contribution in [0, 0.1) is 0 Å². The van der Waals surface area contributed by atoms with Gasteiger partial charge in [0.15, 0.2) is 6.61 Å². The van der Waals surface area contributed by atoms with Gasteiger partial charge in [-0.1, -0.05) is 53.5 Å². The van der Waals surface area contributed by atoms with Gasteiger partial charge in [-0.2, -0.15) is 0 Å². The SMILES string of the molecule is NC(=O)C(OC(=O)COc1ccc(Cl)cc1Cl)c1ccccc1. The van der Waals surface area contributed by atoms with Gasteiger partial charge >= 0.3 is 5.97 Å². The van der Waals surface area contributed by atoms with Crippen LogP contribution in [0.3, 0.4) is 0 Å². The van der Waals surface area contributed by atoms with E-state index in [0.717, 1.165) is 0 Å². The first-order valence-corrected chi connectivity index (χ1v) is 7.34. The van der Waals surface area contributed by atoms with Gasteiger partial charge in [0.1, 0.15) is 5.75 Å². The van der Waals surface area contributed by atoms with E-state index >= 15 is 0 Å². The summed E-state index contributed by atoms with van der Waals surface area (Å²) in [6.45, 7) is -0.419. The average Bonchev–Trinajstić information content (AvgIpc) is 2.52. The second-order valence-electron chi connectivity index (χ2n) is 4.55. The van der Waals surface area contributed by atoms with Crippen molar-refractivity contribution in [1.82, 2.24) is 0 Å². The summed E-state index contributed by atoms with van der Waals surface area (Å²) in [7, 11) is 0. The molecule has 2 aromatic carbocycles.